The quantitative estimate of drug-likeness (QED) is 0.623. The van der Waals surface area contributed by atoms with E-state index in [1.54, 1.807) is 0 Å². The van der Waals surface area contributed by atoms with Crippen LogP contribution in [0.2, 0.25) is 0 Å². The third kappa shape index (κ3) is 2.34. The fraction of sp³-hybridized carbons (Fsp3) is 0. The maximum atomic E-state index is 11.0. The van der Waals surface area contributed by atoms with Crippen molar-refractivity contribution in [2.75, 3.05) is 0 Å². The molecule has 0 unspecified atom stereocenters. The molecule has 86 valence electrons. The highest BCUT2D eigenvalue weighted by Gasteiger charge is 2.26. The van der Waals surface area contributed by atoms with Crippen LogP contribution in [0.1, 0.15) is 20.7 Å². The minimum Gasteiger partial charge on any atom is -0.478 e. The summed E-state index contributed by atoms with van der Waals surface area (Å²) in [6.45, 7) is 0. The summed E-state index contributed by atoms with van der Waals surface area (Å²) in [5.74, 6) is -2.34. The predicted molar refractivity (Wildman–Crippen MR) is 71.2 cm³/mol. The van der Waals surface area contributed by atoms with Gasteiger partial charge in [0.25, 0.3) is 0 Å². The summed E-state index contributed by atoms with van der Waals surface area (Å²) in [4.78, 5) is 22.0. The van der Waals surface area contributed by atoms with Crippen molar-refractivity contribution in [3.8, 4) is 0 Å². The fourth-order valence-electron chi connectivity index (χ4n) is 1.01. The zero-order valence-electron chi connectivity index (χ0n) is 7.22. The minimum atomic E-state index is -1.17. The van der Waals surface area contributed by atoms with Crippen LogP contribution < -0.4 is 0 Å². The van der Waals surface area contributed by atoms with Crippen LogP contribution in [-0.4, -0.2) is 22.2 Å². The third-order valence-corrected chi connectivity index (χ3v) is 5.93. The first-order chi connectivity index (χ1) is 7.29. The number of aromatic carboxylic acids is 2. The Labute approximate surface area is 124 Å². The number of hydrogen-bond donors (Lipinski definition) is 2. The summed E-state index contributed by atoms with van der Waals surface area (Å²) in [5.41, 5.74) is -0.104. The monoisotopic (exact) mass is 478 g/mol. The number of rotatable bonds is 2. The van der Waals surface area contributed by atoms with E-state index in [4.69, 9.17) is 10.2 Å². The second-order valence-corrected chi connectivity index (χ2v) is 5.79. The van der Waals surface area contributed by atoms with Crippen LogP contribution in [0.15, 0.2) is 17.9 Å². The van der Waals surface area contributed by atoms with Gasteiger partial charge in [-0.05, 0) is 63.7 Å². The van der Waals surface area contributed by atoms with E-state index in [0.29, 0.717) is 0 Å². The maximum absolute atomic E-state index is 11.0. The molecule has 4 nitrogen and oxygen atoms in total. The molecule has 0 radical (unpaired) electrons. The molecule has 0 saturated carbocycles. The smallest absolute Gasteiger partial charge is 0.338 e. The Balaban J connectivity index is 3.77. The number of halogens is 4. The van der Waals surface area contributed by atoms with E-state index in [1.807, 2.05) is 0 Å². The van der Waals surface area contributed by atoms with Crippen LogP contribution >= 0.6 is 63.7 Å². The highest BCUT2D eigenvalue weighted by Crippen LogP contribution is 2.41. The normalized spacial score (nSPS) is 10.2. The molecule has 2 N–H and O–H groups in total. The van der Waals surface area contributed by atoms with Crippen LogP contribution in [0.4, 0.5) is 0 Å². The molecule has 0 aromatic heterocycles. The lowest BCUT2D eigenvalue weighted by molar-refractivity contribution is 0.0677. The van der Waals surface area contributed by atoms with Gasteiger partial charge >= 0.3 is 11.9 Å². The van der Waals surface area contributed by atoms with Crippen LogP contribution in [0.3, 0.4) is 0 Å². The van der Waals surface area contributed by atoms with Gasteiger partial charge in [-0.25, -0.2) is 9.59 Å². The zero-order valence-corrected chi connectivity index (χ0v) is 13.6. The first-order valence-electron chi connectivity index (χ1n) is 3.61. The number of benzene rings is 1. The molecule has 8 heteroatoms. The van der Waals surface area contributed by atoms with Crippen LogP contribution in [0, 0.1) is 0 Å². The number of carboxylic acids is 2. The molecule has 0 spiro atoms. The van der Waals surface area contributed by atoms with E-state index in [-0.39, 0.29) is 29.0 Å². The van der Waals surface area contributed by atoms with Crippen molar-refractivity contribution in [3.63, 3.8) is 0 Å². The van der Waals surface area contributed by atoms with Gasteiger partial charge in [-0.2, -0.15) is 0 Å². The molecule has 0 fully saturated rings. The molecule has 0 aliphatic rings. The maximum Gasteiger partial charge on any atom is 0.338 e. The average molecular weight is 482 g/mol. The summed E-state index contributed by atoms with van der Waals surface area (Å²) in [7, 11) is 0. The summed E-state index contributed by atoms with van der Waals surface area (Å²) >= 11 is 12.2. The fourth-order valence-corrected chi connectivity index (χ4v) is 3.80. The van der Waals surface area contributed by atoms with E-state index >= 15 is 0 Å². The summed E-state index contributed by atoms with van der Waals surface area (Å²) < 4.78 is 0.694. The first kappa shape index (κ1) is 14.1. The minimum absolute atomic E-state index is 0.0521. The lowest BCUT2D eigenvalue weighted by Gasteiger charge is -2.11. The Morgan fingerprint density at radius 3 is 1.00 bits per heavy atom. The van der Waals surface area contributed by atoms with Crippen molar-refractivity contribution in [2.24, 2.45) is 0 Å². The SMILES string of the molecule is O=C(O)c1c(Br)c(Br)c(C(=O)O)c(Br)c1Br. The van der Waals surface area contributed by atoms with E-state index in [9.17, 15) is 9.59 Å². The van der Waals surface area contributed by atoms with Gasteiger partial charge in [-0.3, -0.25) is 0 Å². The molecule has 1 aromatic rings. The lowest BCUT2D eigenvalue weighted by atomic mass is 10.1. The standard InChI is InChI=1S/C8H2Br4O4/c9-3-1(7(13)14)4(10)6(12)2(5(3)11)8(15)16/h(H,13,14)(H,15,16). The summed E-state index contributed by atoms with van der Waals surface area (Å²) in [6, 6.07) is 0. The van der Waals surface area contributed by atoms with Gasteiger partial charge in [0.15, 0.2) is 0 Å². The van der Waals surface area contributed by atoms with Gasteiger partial charge in [0.1, 0.15) is 0 Å². The van der Waals surface area contributed by atoms with Crippen LogP contribution in [-0.2, 0) is 0 Å². The highest BCUT2D eigenvalue weighted by molar-refractivity contribution is 9.14. The van der Waals surface area contributed by atoms with Crippen molar-refractivity contribution in [1.29, 1.82) is 0 Å². The topological polar surface area (TPSA) is 74.6 Å². The molecule has 1 rings (SSSR count). The Hall–Kier alpha value is 0.0800. The number of carboxylic acid groups (broad SMARTS) is 2. The van der Waals surface area contributed by atoms with Gasteiger partial charge in [0, 0.05) is 17.9 Å². The van der Waals surface area contributed by atoms with Crippen molar-refractivity contribution in [3.05, 3.63) is 29.0 Å². The van der Waals surface area contributed by atoms with E-state index < -0.39 is 11.9 Å². The molecule has 0 aliphatic heterocycles. The molecule has 0 atom stereocenters. The first-order valence-corrected chi connectivity index (χ1v) is 6.78. The summed E-state index contributed by atoms with van der Waals surface area (Å²) in [6.07, 6.45) is 0. The Morgan fingerprint density at radius 1 is 0.688 bits per heavy atom. The zero-order chi connectivity index (χ0) is 12.6. The van der Waals surface area contributed by atoms with Crippen molar-refractivity contribution in [2.45, 2.75) is 0 Å². The van der Waals surface area contributed by atoms with E-state index in [2.05, 4.69) is 63.7 Å². The predicted octanol–water partition coefficient (Wildman–Crippen LogP) is 4.13. The van der Waals surface area contributed by atoms with Gasteiger partial charge < -0.3 is 10.2 Å². The molecule has 0 bridgehead atoms. The molecule has 0 aliphatic carbocycles. The van der Waals surface area contributed by atoms with Crippen molar-refractivity contribution < 1.29 is 19.8 Å². The molecule has 0 saturated heterocycles. The van der Waals surface area contributed by atoms with Gasteiger partial charge in [0.05, 0.1) is 11.1 Å². The Bertz CT molecular complexity index is 423. The van der Waals surface area contributed by atoms with E-state index in [0.717, 1.165) is 0 Å². The lowest BCUT2D eigenvalue weighted by Crippen LogP contribution is -2.07. The largest absolute Gasteiger partial charge is 0.478 e. The second kappa shape index (κ2) is 5.16. The molecule has 0 heterocycles. The summed E-state index contributed by atoms with van der Waals surface area (Å²) in [5, 5.41) is 18.0. The number of hydrogen-bond acceptors (Lipinski definition) is 2. The average Bonchev–Trinajstić information content (AvgIpc) is 2.14. The molecule has 16 heavy (non-hydrogen) atoms. The Kier molecular flexibility index (Phi) is 4.56. The molecular weight excluding hydrogens is 480 g/mol. The number of carbonyl (C=O) groups is 2. The van der Waals surface area contributed by atoms with Crippen molar-refractivity contribution in [1.82, 2.24) is 0 Å². The van der Waals surface area contributed by atoms with Crippen LogP contribution in [0.5, 0.6) is 0 Å². The van der Waals surface area contributed by atoms with Crippen LogP contribution in [0.25, 0.3) is 0 Å². The van der Waals surface area contributed by atoms with E-state index in [1.165, 1.54) is 0 Å². The van der Waals surface area contributed by atoms with Gasteiger partial charge in [-0.15, -0.1) is 0 Å². The second-order valence-electron chi connectivity index (χ2n) is 2.62. The molecule has 0 amide bonds. The molecular formula is C8H2Br4O4. The Morgan fingerprint density at radius 2 is 0.875 bits per heavy atom. The molecule has 1 aromatic carbocycles. The van der Waals surface area contributed by atoms with Gasteiger partial charge in [-0.1, -0.05) is 0 Å². The third-order valence-electron chi connectivity index (χ3n) is 1.69. The van der Waals surface area contributed by atoms with Crippen molar-refractivity contribution >= 4 is 75.7 Å². The van der Waals surface area contributed by atoms with Gasteiger partial charge in [0.2, 0.25) is 0 Å². The highest BCUT2D eigenvalue weighted by atomic mass is 79.9.